The summed E-state index contributed by atoms with van der Waals surface area (Å²) in [4.78, 5) is 31.1. The largest absolute Gasteiger partial charge is 0.373 e. The summed E-state index contributed by atoms with van der Waals surface area (Å²) in [6.07, 6.45) is 1.24. The highest BCUT2D eigenvalue weighted by molar-refractivity contribution is 6.04. The molecular weight excluding hydrogens is 288 g/mol. The number of hydrogen-bond donors (Lipinski definition) is 2. The average molecular weight is 310 g/mol. The Hall–Kier alpha value is -1.92. The van der Waals surface area contributed by atoms with Crippen LogP contribution in [-0.4, -0.2) is 22.5 Å². The second kappa shape index (κ2) is 7.91. The third-order valence-electron chi connectivity index (χ3n) is 3.24. The second-order valence-electron chi connectivity index (χ2n) is 6.08. The van der Waals surface area contributed by atoms with Gasteiger partial charge in [-0.25, -0.2) is 9.59 Å². The fourth-order valence-electron chi connectivity index (χ4n) is 2.46. The van der Waals surface area contributed by atoms with E-state index in [0.717, 1.165) is 5.56 Å². The van der Waals surface area contributed by atoms with Gasteiger partial charge in [0.2, 0.25) is 0 Å². The maximum absolute atomic E-state index is 11.9. The van der Waals surface area contributed by atoms with Gasteiger partial charge in [-0.15, -0.1) is 0 Å². The first-order chi connectivity index (χ1) is 10.3. The zero-order valence-electron chi connectivity index (χ0n) is 13.3. The Bertz CT molecular complexity index is 548. The van der Waals surface area contributed by atoms with Crippen LogP contribution in [0.5, 0.6) is 0 Å². The van der Waals surface area contributed by atoms with Crippen molar-refractivity contribution in [1.82, 2.24) is 0 Å². The maximum atomic E-state index is 11.9. The van der Waals surface area contributed by atoms with Crippen LogP contribution in [0.4, 0.5) is 0 Å². The van der Waals surface area contributed by atoms with E-state index in [2.05, 4.69) is 9.78 Å². The van der Waals surface area contributed by atoms with Crippen LogP contribution in [0.3, 0.4) is 0 Å². The molecule has 0 aliphatic rings. The summed E-state index contributed by atoms with van der Waals surface area (Å²) >= 11 is 0. The number of benzene rings is 1. The van der Waals surface area contributed by atoms with Gasteiger partial charge in [0.15, 0.2) is 0 Å². The molecule has 122 valence electrons. The van der Waals surface area contributed by atoms with E-state index < -0.39 is 11.9 Å². The molecule has 0 unspecified atom stereocenters. The van der Waals surface area contributed by atoms with E-state index in [9.17, 15) is 9.59 Å². The standard InChI is InChI=1S/C16H22O6/c1-9(2)7-11-5-6-12(15(17)21-19)14(16(18)22-20)13(11)8-10(3)4/h5-6,9-10,19-20H,7-8H2,1-4H3. The molecule has 1 aromatic carbocycles. The molecule has 0 bridgehead atoms. The molecule has 0 aliphatic carbocycles. The Labute approximate surface area is 129 Å². The number of carbonyl (C=O) groups excluding carboxylic acids is 2. The molecule has 1 aromatic rings. The highest BCUT2D eigenvalue weighted by Crippen LogP contribution is 2.26. The van der Waals surface area contributed by atoms with Gasteiger partial charge < -0.3 is 0 Å². The number of carbonyl (C=O) groups is 2. The van der Waals surface area contributed by atoms with Crippen LogP contribution in [-0.2, 0) is 22.6 Å². The van der Waals surface area contributed by atoms with Crippen molar-refractivity contribution >= 4 is 11.9 Å². The first-order valence-corrected chi connectivity index (χ1v) is 7.18. The van der Waals surface area contributed by atoms with E-state index in [-0.39, 0.29) is 17.0 Å². The Kier molecular flexibility index (Phi) is 6.52. The van der Waals surface area contributed by atoms with E-state index in [4.69, 9.17) is 10.5 Å². The van der Waals surface area contributed by atoms with Gasteiger partial charge in [0, 0.05) is 0 Å². The molecule has 0 fully saturated rings. The van der Waals surface area contributed by atoms with Crippen LogP contribution in [0.15, 0.2) is 12.1 Å². The van der Waals surface area contributed by atoms with Crippen LogP contribution in [0.25, 0.3) is 0 Å². The Morgan fingerprint density at radius 1 is 0.955 bits per heavy atom. The highest BCUT2D eigenvalue weighted by atomic mass is 17.1. The van der Waals surface area contributed by atoms with Crippen molar-refractivity contribution in [2.24, 2.45) is 11.8 Å². The first kappa shape index (κ1) is 18.1. The van der Waals surface area contributed by atoms with Gasteiger partial charge in [0.05, 0.1) is 11.1 Å². The van der Waals surface area contributed by atoms with Crippen LogP contribution >= 0.6 is 0 Å². The molecule has 0 radical (unpaired) electrons. The Morgan fingerprint density at radius 3 is 1.95 bits per heavy atom. The summed E-state index contributed by atoms with van der Waals surface area (Å²) in [5, 5.41) is 17.3. The van der Waals surface area contributed by atoms with Crippen LogP contribution < -0.4 is 0 Å². The van der Waals surface area contributed by atoms with E-state index in [1.807, 2.05) is 27.7 Å². The summed E-state index contributed by atoms with van der Waals surface area (Å²) in [5.41, 5.74) is 1.34. The second-order valence-corrected chi connectivity index (χ2v) is 6.08. The predicted octanol–water partition coefficient (Wildman–Crippen LogP) is 3.34. The van der Waals surface area contributed by atoms with Crippen LogP contribution in [0.2, 0.25) is 0 Å². The minimum atomic E-state index is -1.07. The van der Waals surface area contributed by atoms with Crippen LogP contribution in [0.1, 0.15) is 59.5 Å². The maximum Gasteiger partial charge on any atom is 0.373 e. The van der Waals surface area contributed by atoms with Gasteiger partial charge in [0.25, 0.3) is 0 Å². The van der Waals surface area contributed by atoms with Crippen molar-refractivity contribution in [3.05, 3.63) is 34.4 Å². The summed E-state index contributed by atoms with van der Waals surface area (Å²) < 4.78 is 0. The van der Waals surface area contributed by atoms with Gasteiger partial charge in [-0.2, -0.15) is 10.5 Å². The molecule has 0 atom stereocenters. The predicted molar refractivity (Wildman–Crippen MR) is 79.6 cm³/mol. The van der Waals surface area contributed by atoms with Gasteiger partial charge >= 0.3 is 11.9 Å². The van der Waals surface area contributed by atoms with E-state index in [0.29, 0.717) is 24.3 Å². The molecule has 0 aromatic heterocycles. The lowest BCUT2D eigenvalue weighted by Gasteiger charge is -2.18. The summed E-state index contributed by atoms with van der Waals surface area (Å²) in [6, 6.07) is 3.13. The lowest BCUT2D eigenvalue weighted by molar-refractivity contribution is -0.185. The lowest BCUT2D eigenvalue weighted by Crippen LogP contribution is -2.18. The van der Waals surface area contributed by atoms with E-state index >= 15 is 0 Å². The smallest absolute Gasteiger partial charge is 0.295 e. The number of hydrogen-bond acceptors (Lipinski definition) is 6. The molecule has 6 heteroatoms. The number of rotatable bonds is 6. The fraction of sp³-hybridized carbons (Fsp3) is 0.500. The summed E-state index contributed by atoms with van der Waals surface area (Å²) in [7, 11) is 0. The van der Waals surface area contributed by atoms with Crippen molar-refractivity contribution in [1.29, 1.82) is 0 Å². The average Bonchev–Trinajstić information content (AvgIpc) is 2.46. The highest BCUT2D eigenvalue weighted by Gasteiger charge is 2.26. The van der Waals surface area contributed by atoms with Gasteiger partial charge in [0.1, 0.15) is 0 Å². The van der Waals surface area contributed by atoms with E-state index in [1.54, 1.807) is 6.07 Å². The molecular formula is C16H22O6. The van der Waals surface area contributed by atoms with Crippen molar-refractivity contribution in [2.75, 3.05) is 0 Å². The first-order valence-electron chi connectivity index (χ1n) is 7.18. The SMILES string of the molecule is CC(C)Cc1ccc(C(=O)OO)c(C(=O)OO)c1CC(C)C. The van der Waals surface area contributed by atoms with Gasteiger partial charge in [-0.1, -0.05) is 33.8 Å². The molecule has 6 nitrogen and oxygen atoms in total. The van der Waals surface area contributed by atoms with Gasteiger partial charge in [-0.05, 0) is 41.9 Å². The summed E-state index contributed by atoms with van der Waals surface area (Å²) in [6.45, 7) is 8.03. The molecule has 0 heterocycles. The Morgan fingerprint density at radius 2 is 1.50 bits per heavy atom. The monoisotopic (exact) mass is 310 g/mol. The minimum Gasteiger partial charge on any atom is -0.295 e. The van der Waals surface area contributed by atoms with Crippen molar-refractivity contribution in [3.8, 4) is 0 Å². The molecule has 0 amide bonds. The third-order valence-corrected chi connectivity index (χ3v) is 3.24. The minimum absolute atomic E-state index is 0.0617. The quantitative estimate of drug-likeness (QED) is 0.618. The molecule has 0 saturated carbocycles. The molecule has 0 saturated heterocycles. The zero-order chi connectivity index (χ0) is 16.9. The molecule has 2 N–H and O–H groups in total. The normalized spacial score (nSPS) is 10.9. The van der Waals surface area contributed by atoms with Gasteiger partial charge in [-0.3, -0.25) is 9.78 Å². The van der Waals surface area contributed by atoms with Crippen molar-refractivity contribution in [2.45, 2.75) is 40.5 Å². The van der Waals surface area contributed by atoms with Crippen molar-refractivity contribution in [3.63, 3.8) is 0 Å². The third kappa shape index (κ3) is 4.29. The molecule has 0 aliphatic heterocycles. The molecule has 1 rings (SSSR count). The lowest BCUT2D eigenvalue weighted by atomic mass is 9.87. The molecule has 0 spiro atoms. The van der Waals surface area contributed by atoms with Crippen molar-refractivity contribution < 1.29 is 29.9 Å². The van der Waals surface area contributed by atoms with E-state index in [1.165, 1.54) is 6.07 Å². The van der Waals surface area contributed by atoms with Crippen LogP contribution in [0, 0.1) is 11.8 Å². The molecule has 22 heavy (non-hydrogen) atoms. The fourth-order valence-corrected chi connectivity index (χ4v) is 2.46. The topological polar surface area (TPSA) is 93.1 Å². The summed E-state index contributed by atoms with van der Waals surface area (Å²) in [5.74, 6) is -1.54. The zero-order valence-corrected chi connectivity index (χ0v) is 13.3. The Balaban J connectivity index is 3.57.